The normalized spacial score (nSPS) is 11.5. The molecule has 0 spiro atoms. The Balaban J connectivity index is 1.69. The molecule has 8 heteroatoms. The highest BCUT2D eigenvalue weighted by molar-refractivity contribution is 7.89. The zero-order valence-corrected chi connectivity index (χ0v) is 18.8. The minimum atomic E-state index is -3.73. The van der Waals surface area contributed by atoms with E-state index < -0.39 is 10.0 Å². The monoisotopic (exact) mass is 458 g/mol. The molecular formula is C23H23ClN2O4S. The van der Waals surface area contributed by atoms with Crippen molar-refractivity contribution in [2.45, 2.75) is 25.3 Å². The second kappa shape index (κ2) is 10.3. The third-order valence-corrected chi connectivity index (χ3v) is 5.78. The predicted octanol–water partition coefficient (Wildman–Crippen LogP) is 4.94. The van der Waals surface area contributed by atoms with Crippen LogP contribution >= 0.6 is 11.6 Å². The Morgan fingerprint density at radius 2 is 1.68 bits per heavy atom. The first-order valence-electron chi connectivity index (χ1n) is 9.63. The van der Waals surface area contributed by atoms with Gasteiger partial charge in [0.15, 0.2) is 11.5 Å². The van der Waals surface area contributed by atoms with Crippen LogP contribution in [0.3, 0.4) is 0 Å². The molecule has 0 aliphatic heterocycles. The second-order valence-electron chi connectivity index (χ2n) is 6.72. The number of hydrazone groups is 1. The molecule has 0 saturated carbocycles. The molecule has 31 heavy (non-hydrogen) atoms. The lowest BCUT2D eigenvalue weighted by molar-refractivity contribution is 0.269. The topological polar surface area (TPSA) is 77.0 Å². The summed E-state index contributed by atoms with van der Waals surface area (Å²) in [4.78, 5) is 2.37. The Bertz CT molecular complexity index is 1150. The Kier molecular flexibility index (Phi) is 7.55. The summed E-state index contributed by atoms with van der Waals surface area (Å²) in [7, 11) is -3.73. The standard InChI is InChI=1S/C23H23ClN2O4S/c1-3-29-23-14-19(8-13-22(23)30-16-18-6-9-20(24)10-7-18)15-25-26-31(27,28)21-11-4-17(2)5-12-21/h4-15,26H,3,16H2,1-2H3/b25-15+. The number of ether oxygens (including phenoxy) is 2. The van der Waals surface area contributed by atoms with Crippen LogP contribution in [0.5, 0.6) is 11.5 Å². The Hall–Kier alpha value is -3.03. The van der Waals surface area contributed by atoms with Gasteiger partial charge in [0.2, 0.25) is 0 Å². The molecule has 0 aromatic heterocycles. The lowest BCUT2D eigenvalue weighted by atomic mass is 10.2. The quantitative estimate of drug-likeness (QED) is 0.364. The SMILES string of the molecule is CCOc1cc(/C=N/NS(=O)(=O)c2ccc(C)cc2)ccc1OCc1ccc(Cl)cc1. The Labute approximate surface area is 187 Å². The molecular weight excluding hydrogens is 436 g/mol. The van der Waals surface area contributed by atoms with Gasteiger partial charge in [0.1, 0.15) is 6.61 Å². The molecule has 0 atom stereocenters. The summed E-state index contributed by atoms with van der Waals surface area (Å²) in [6.07, 6.45) is 1.41. The average molecular weight is 459 g/mol. The summed E-state index contributed by atoms with van der Waals surface area (Å²) in [5, 5.41) is 4.54. The summed E-state index contributed by atoms with van der Waals surface area (Å²) in [5.74, 6) is 1.12. The maximum Gasteiger partial charge on any atom is 0.276 e. The van der Waals surface area contributed by atoms with Gasteiger partial charge in [-0.3, -0.25) is 0 Å². The molecule has 0 bridgehead atoms. The van der Waals surface area contributed by atoms with E-state index in [9.17, 15) is 8.42 Å². The van der Waals surface area contributed by atoms with E-state index in [1.54, 1.807) is 42.5 Å². The molecule has 3 rings (SSSR count). The molecule has 0 fully saturated rings. The van der Waals surface area contributed by atoms with Crippen molar-refractivity contribution in [1.82, 2.24) is 4.83 Å². The molecule has 3 aromatic carbocycles. The van der Waals surface area contributed by atoms with Crippen LogP contribution in [0, 0.1) is 6.92 Å². The van der Waals surface area contributed by atoms with Crippen LogP contribution < -0.4 is 14.3 Å². The number of nitrogens with one attached hydrogen (secondary N) is 1. The van der Waals surface area contributed by atoms with Gasteiger partial charge in [0, 0.05) is 5.02 Å². The number of nitrogens with zero attached hydrogens (tertiary/aromatic N) is 1. The fourth-order valence-corrected chi connectivity index (χ4v) is 3.59. The summed E-state index contributed by atoms with van der Waals surface area (Å²) < 4.78 is 36.2. The summed E-state index contributed by atoms with van der Waals surface area (Å²) in [6.45, 7) is 4.58. The van der Waals surface area contributed by atoms with Crippen molar-refractivity contribution in [3.63, 3.8) is 0 Å². The number of halogens is 1. The molecule has 1 N–H and O–H groups in total. The van der Waals surface area contributed by atoms with Crippen LogP contribution in [0.25, 0.3) is 0 Å². The van der Waals surface area contributed by atoms with Crippen molar-refractivity contribution in [2.75, 3.05) is 6.61 Å². The molecule has 0 amide bonds. The maximum absolute atomic E-state index is 12.3. The van der Waals surface area contributed by atoms with Crippen molar-refractivity contribution in [2.24, 2.45) is 5.10 Å². The number of benzene rings is 3. The lowest BCUT2D eigenvalue weighted by Gasteiger charge is -2.12. The molecule has 0 unspecified atom stereocenters. The predicted molar refractivity (Wildman–Crippen MR) is 122 cm³/mol. The number of aryl methyl sites for hydroxylation is 1. The summed E-state index contributed by atoms with van der Waals surface area (Å²) in [6, 6.07) is 19.2. The first kappa shape index (κ1) is 22.7. The maximum atomic E-state index is 12.3. The molecule has 0 radical (unpaired) electrons. The number of hydrogen-bond acceptors (Lipinski definition) is 5. The average Bonchev–Trinajstić information content (AvgIpc) is 2.75. The van der Waals surface area contributed by atoms with E-state index in [0.717, 1.165) is 11.1 Å². The molecule has 0 heterocycles. The minimum Gasteiger partial charge on any atom is -0.490 e. The van der Waals surface area contributed by atoms with Gasteiger partial charge in [-0.1, -0.05) is 41.4 Å². The molecule has 0 saturated heterocycles. The minimum absolute atomic E-state index is 0.149. The van der Waals surface area contributed by atoms with Crippen LogP contribution in [0.15, 0.2) is 76.7 Å². The largest absolute Gasteiger partial charge is 0.490 e. The third-order valence-electron chi connectivity index (χ3n) is 4.29. The van der Waals surface area contributed by atoms with Crippen molar-refractivity contribution in [1.29, 1.82) is 0 Å². The van der Waals surface area contributed by atoms with Gasteiger partial charge < -0.3 is 9.47 Å². The van der Waals surface area contributed by atoms with E-state index in [1.165, 1.54) is 18.3 Å². The van der Waals surface area contributed by atoms with E-state index in [0.29, 0.717) is 35.3 Å². The number of sulfonamides is 1. The Morgan fingerprint density at radius 1 is 0.968 bits per heavy atom. The Morgan fingerprint density at radius 3 is 2.35 bits per heavy atom. The molecule has 162 valence electrons. The second-order valence-corrected chi connectivity index (χ2v) is 8.82. The van der Waals surface area contributed by atoms with Gasteiger partial charge >= 0.3 is 0 Å². The highest BCUT2D eigenvalue weighted by atomic mass is 35.5. The summed E-state index contributed by atoms with van der Waals surface area (Å²) >= 11 is 5.91. The van der Waals surface area contributed by atoms with Gasteiger partial charge in [-0.05, 0) is 67.4 Å². The molecule has 0 aliphatic carbocycles. The molecule has 3 aromatic rings. The van der Waals surface area contributed by atoms with E-state index in [2.05, 4.69) is 9.93 Å². The van der Waals surface area contributed by atoms with Crippen molar-refractivity contribution >= 4 is 27.8 Å². The highest BCUT2D eigenvalue weighted by Gasteiger charge is 2.12. The molecule has 0 aliphatic rings. The van der Waals surface area contributed by atoms with Crippen LogP contribution in [0.2, 0.25) is 5.02 Å². The van der Waals surface area contributed by atoms with E-state index in [-0.39, 0.29) is 4.90 Å². The highest BCUT2D eigenvalue weighted by Crippen LogP contribution is 2.29. The van der Waals surface area contributed by atoms with E-state index >= 15 is 0 Å². The smallest absolute Gasteiger partial charge is 0.276 e. The van der Waals surface area contributed by atoms with Crippen molar-refractivity contribution in [3.8, 4) is 11.5 Å². The molecule has 6 nitrogen and oxygen atoms in total. The fraction of sp³-hybridized carbons (Fsp3) is 0.174. The first-order chi connectivity index (χ1) is 14.9. The van der Waals surface area contributed by atoms with E-state index in [4.69, 9.17) is 21.1 Å². The van der Waals surface area contributed by atoms with Crippen LogP contribution in [-0.2, 0) is 16.6 Å². The van der Waals surface area contributed by atoms with Gasteiger partial charge in [-0.15, -0.1) is 0 Å². The van der Waals surface area contributed by atoms with Gasteiger partial charge in [-0.2, -0.15) is 13.5 Å². The zero-order chi connectivity index (χ0) is 22.3. The van der Waals surface area contributed by atoms with E-state index in [1.807, 2.05) is 26.0 Å². The number of rotatable bonds is 9. The van der Waals surface area contributed by atoms with Crippen molar-refractivity contribution < 1.29 is 17.9 Å². The zero-order valence-electron chi connectivity index (χ0n) is 17.2. The first-order valence-corrected chi connectivity index (χ1v) is 11.5. The summed E-state index contributed by atoms with van der Waals surface area (Å²) in [5.41, 5.74) is 2.61. The van der Waals surface area contributed by atoms with Crippen molar-refractivity contribution in [3.05, 3.63) is 88.4 Å². The van der Waals surface area contributed by atoms with Gasteiger partial charge in [0.25, 0.3) is 10.0 Å². The number of hydrogen-bond donors (Lipinski definition) is 1. The van der Waals surface area contributed by atoms with Crippen LogP contribution in [0.1, 0.15) is 23.6 Å². The lowest BCUT2D eigenvalue weighted by Crippen LogP contribution is -2.18. The van der Waals surface area contributed by atoms with Crippen LogP contribution in [-0.4, -0.2) is 21.2 Å². The fourth-order valence-electron chi connectivity index (χ4n) is 2.67. The third kappa shape index (κ3) is 6.47. The van der Waals surface area contributed by atoms with Gasteiger partial charge in [0.05, 0.1) is 17.7 Å². The van der Waals surface area contributed by atoms with Gasteiger partial charge in [-0.25, -0.2) is 4.83 Å². The van der Waals surface area contributed by atoms with Crippen LogP contribution in [0.4, 0.5) is 0 Å².